The van der Waals surface area contributed by atoms with Crippen LogP contribution < -0.4 is 11.1 Å². The third kappa shape index (κ3) is 4.58. The molecule has 143 valence electrons. The van der Waals surface area contributed by atoms with Crippen molar-refractivity contribution in [2.24, 2.45) is 5.92 Å². The van der Waals surface area contributed by atoms with Crippen LogP contribution in [0.15, 0.2) is 47.9 Å². The van der Waals surface area contributed by atoms with Crippen molar-refractivity contribution in [2.45, 2.75) is 46.4 Å². The third-order valence-corrected chi connectivity index (χ3v) is 5.25. The molecule has 0 aromatic carbocycles. The average Bonchev–Trinajstić information content (AvgIpc) is 3.28. The van der Waals surface area contributed by atoms with Gasteiger partial charge in [-0.15, -0.1) is 11.8 Å². The molecule has 7 heteroatoms. The number of nitrogens with two attached hydrogens (primary N) is 1. The molecule has 4 rings (SSSR count). The minimum absolute atomic E-state index is 0. The van der Waals surface area contributed by atoms with E-state index in [4.69, 9.17) is 5.73 Å². The number of nitrogens with one attached hydrogen (secondary N) is 1. The molecule has 2 aliphatic rings. The molecule has 5 nitrogen and oxygen atoms in total. The van der Waals surface area contributed by atoms with Gasteiger partial charge in [0.15, 0.2) is 0 Å². The maximum atomic E-state index is 6.08. The molecular weight excluding hydrogens is 353 g/mol. The minimum atomic E-state index is 0. The van der Waals surface area contributed by atoms with E-state index in [1.54, 1.807) is 0 Å². The molecule has 3 N–H and O–H groups in total. The summed E-state index contributed by atoms with van der Waals surface area (Å²) in [5.41, 5.74) is 9.13. The standard InChI is InChI=1S/C16H17N5S.2C2H6.B/c1-2-21-7-11(14-15(17)18-9-19-16(14)21)20-12-8-22-13-6-4-3-5-10(12)13;2*1-2;/h3-10,13,20H,2H2,1H3,(H2,17,18,19);2*1-2H3;. The zero-order valence-electron chi connectivity index (χ0n) is 16.8. The average molecular weight is 382 g/mol. The van der Waals surface area contributed by atoms with Gasteiger partial charge in [0.2, 0.25) is 0 Å². The number of aromatic nitrogens is 3. The highest BCUT2D eigenvalue weighted by Crippen LogP contribution is 2.40. The maximum absolute atomic E-state index is 6.08. The summed E-state index contributed by atoms with van der Waals surface area (Å²) in [6.07, 6.45) is 12.3. The third-order valence-electron chi connectivity index (χ3n) is 4.10. The summed E-state index contributed by atoms with van der Waals surface area (Å²) < 4.78 is 2.09. The van der Waals surface area contributed by atoms with Gasteiger partial charge in [-0.05, 0) is 12.3 Å². The van der Waals surface area contributed by atoms with Crippen molar-refractivity contribution in [3.8, 4) is 0 Å². The number of nitrogens with zero attached hydrogens (tertiary/aromatic N) is 3. The number of anilines is 2. The van der Waals surface area contributed by atoms with Crippen LogP contribution in [-0.4, -0.2) is 28.2 Å². The second kappa shape index (κ2) is 10.9. The lowest BCUT2D eigenvalue weighted by molar-refractivity contribution is 0.784. The lowest BCUT2D eigenvalue weighted by Crippen LogP contribution is -2.16. The summed E-state index contributed by atoms with van der Waals surface area (Å²) >= 11 is 1.84. The first-order valence-electron chi connectivity index (χ1n) is 9.34. The Morgan fingerprint density at radius 3 is 2.56 bits per heavy atom. The summed E-state index contributed by atoms with van der Waals surface area (Å²) in [7, 11) is 0. The fraction of sp³-hybridized carbons (Fsp3) is 0.400. The van der Waals surface area contributed by atoms with Gasteiger partial charge in [0, 0.05) is 38.0 Å². The van der Waals surface area contributed by atoms with E-state index in [9.17, 15) is 0 Å². The van der Waals surface area contributed by atoms with Crippen LogP contribution in [-0.2, 0) is 6.54 Å². The molecule has 3 heterocycles. The van der Waals surface area contributed by atoms with Gasteiger partial charge >= 0.3 is 0 Å². The highest BCUT2D eigenvalue weighted by molar-refractivity contribution is 8.03. The fourth-order valence-corrected chi connectivity index (χ4v) is 4.09. The van der Waals surface area contributed by atoms with Gasteiger partial charge in [0.25, 0.3) is 0 Å². The molecule has 0 bridgehead atoms. The van der Waals surface area contributed by atoms with Gasteiger partial charge in [-0.1, -0.05) is 52.0 Å². The van der Waals surface area contributed by atoms with Crippen LogP contribution in [0.25, 0.3) is 11.0 Å². The van der Waals surface area contributed by atoms with Gasteiger partial charge in [-0.2, -0.15) is 0 Å². The Morgan fingerprint density at radius 1 is 1.15 bits per heavy atom. The lowest BCUT2D eigenvalue weighted by Gasteiger charge is -2.19. The smallest absolute Gasteiger partial charge is 0.147 e. The normalized spacial score (nSPS) is 19.1. The number of hydrogen-bond acceptors (Lipinski definition) is 5. The maximum Gasteiger partial charge on any atom is 0.147 e. The number of nitrogen functional groups attached to an aromatic ring is 1. The van der Waals surface area contributed by atoms with E-state index >= 15 is 0 Å². The van der Waals surface area contributed by atoms with E-state index in [-0.39, 0.29) is 8.41 Å². The largest absolute Gasteiger partial charge is 0.383 e. The zero-order valence-corrected chi connectivity index (χ0v) is 17.6. The molecular formula is C20H29BN5S. The molecule has 0 fully saturated rings. The summed E-state index contributed by atoms with van der Waals surface area (Å²) in [5.74, 6) is 0.905. The summed E-state index contributed by atoms with van der Waals surface area (Å²) in [6.45, 7) is 10.9. The number of aryl methyl sites for hydroxylation is 1. The Balaban J connectivity index is 0.000000686. The quantitative estimate of drug-likeness (QED) is 0.745. The molecule has 2 aromatic heterocycles. The Labute approximate surface area is 168 Å². The number of hydrogen-bond donors (Lipinski definition) is 2. The number of rotatable bonds is 3. The molecule has 1 aliphatic heterocycles. The van der Waals surface area contributed by atoms with Crippen molar-refractivity contribution in [3.63, 3.8) is 0 Å². The first-order chi connectivity index (χ1) is 12.8. The highest BCUT2D eigenvalue weighted by atomic mass is 32.2. The van der Waals surface area contributed by atoms with Crippen molar-refractivity contribution < 1.29 is 0 Å². The summed E-state index contributed by atoms with van der Waals surface area (Å²) in [4.78, 5) is 8.51. The lowest BCUT2D eigenvalue weighted by atomic mass is 9.97. The van der Waals surface area contributed by atoms with Crippen molar-refractivity contribution in [3.05, 3.63) is 47.9 Å². The number of thioether (sulfide) groups is 1. The number of allylic oxidation sites excluding steroid dienone is 3. The Morgan fingerprint density at radius 2 is 1.85 bits per heavy atom. The summed E-state index contributed by atoms with van der Waals surface area (Å²) in [5, 5.41) is 7.14. The second-order valence-corrected chi connectivity index (χ2v) is 6.43. The molecule has 3 radical (unpaired) electrons. The van der Waals surface area contributed by atoms with E-state index < -0.39 is 0 Å². The number of fused-ring (bicyclic) bond motifs is 2. The van der Waals surface area contributed by atoms with E-state index in [1.165, 1.54) is 12.0 Å². The van der Waals surface area contributed by atoms with E-state index in [0.717, 1.165) is 23.3 Å². The molecule has 2 atom stereocenters. The fourth-order valence-electron chi connectivity index (χ4n) is 2.98. The molecule has 27 heavy (non-hydrogen) atoms. The molecule has 0 spiro atoms. The van der Waals surface area contributed by atoms with Gasteiger partial charge in [0.05, 0.1) is 11.1 Å². The van der Waals surface area contributed by atoms with E-state index in [0.29, 0.717) is 17.0 Å². The second-order valence-electron chi connectivity index (χ2n) is 5.38. The minimum Gasteiger partial charge on any atom is -0.383 e. The Hall–Kier alpha value is -2.15. The molecule has 1 aliphatic carbocycles. The molecule has 0 saturated carbocycles. The molecule has 2 unspecified atom stereocenters. The SMILES string of the molecule is CC.CC.CCn1cc(NC2=CSC3C=CC=CC23)c2c(N)ncnc21.[B]. The van der Waals surface area contributed by atoms with Crippen LogP contribution in [0.4, 0.5) is 11.5 Å². The zero-order chi connectivity index (χ0) is 19.1. The predicted molar refractivity (Wildman–Crippen MR) is 121 cm³/mol. The van der Waals surface area contributed by atoms with Crippen LogP contribution in [0.5, 0.6) is 0 Å². The van der Waals surface area contributed by atoms with E-state index in [1.807, 2.05) is 39.5 Å². The van der Waals surface area contributed by atoms with Crippen molar-refractivity contribution in [1.82, 2.24) is 14.5 Å². The Bertz CT molecular complexity index is 825. The van der Waals surface area contributed by atoms with Crippen LogP contribution in [0.3, 0.4) is 0 Å². The first-order valence-corrected chi connectivity index (χ1v) is 10.3. The van der Waals surface area contributed by atoms with Crippen molar-refractivity contribution in [1.29, 1.82) is 0 Å². The van der Waals surface area contributed by atoms with Crippen LogP contribution in [0.1, 0.15) is 34.6 Å². The highest BCUT2D eigenvalue weighted by Gasteiger charge is 2.28. The summed E-state index contributed by atoms with van der Waals surface area (Å²) in [6, 6.07) is 0. The van der Waals surface area contributed by atoms with Crippen LogP contribution in [0, 0.1) is 5.92 Å². The first kappa shape index (κ1) is 22.9. The molecule has 0 saturated heterocycles. The van der Waals surface area contributed by atoms with Gasteiger partial charge < -0.3 is 15.6 Å². The van der Waals surface area contributed by atoms with Crippen LogP contribution in [0.2, 0.25) is 0 Å². The van der Waals surface area contributed by atoms with Gasteiger partial charge in [-0.25, -0.2) is 9.97 Å². The van der Waals surface area contributed by atoms with Gasteiger partial charge in [-0.3, -0.25) is 0 Å². The topological polar surface area (TPSA) is 68.8 Å². The molecule has 2 aromatic rings. The van der Waals surface area contributed by atoms with E-state index in [2.05, 4.69) is 62.7 Å². The predicted octanol–water partition coefficient (Wildman–Crippen LogP) is 4.82. The monoisotopic (exact) mass is 382 g/mol. The van der Waals surface area contributed by atoms with Crippen molar-refractivity contribution in [2.75, 3.05) is 11.1 Å². The van der Waals surface area contributed by atoms with Gasteiger partial charge in [0.1, 0.15) is 17.8 Å². The molecule has 0 amide bonds. The van der Waals surface area contributed by atoms with Crippen molar-refractivity contribution >= 4 is 42.7 Å². The van der Waals surface area contributed by atoms with Crippen LogP contribution >= 0.6 is 11.8 Å². The Kier molecular flexibility index (Phi) is 9.22.